The highest BCUT2D eigenvalue weighted by molar-refractivity contribution is 6.03. The first-order chi connectivity index (χ1) is 12.4. The molecule has 1 saturated heterocycles. The number of piperazine rings is 1. The molecule has 1 atom stereocenters. The molecule has 8 heteroatoms. The summed E-state index contributed by atoms with van der Waals surface area (Å²) in [6.07, 6.45) is 0. The fraction of sp³-hybridized carbons (Fsp3) is 0.222. The molecule has 26 heavy (non-hydrogen) atoms. The molecule has 0 spiro atoms. The molecular formula is C18H16FN3O4. The molecule has 7 nitrogen and oxygen atoms in total. The van der Waals surface area contributed by atoms with Crippen molar-refractivity contribution in [1.29, 1.82) is 0 Å². The monoisotopic (exact) mass is 357 g/mol. The van der Waals surface area contributed by atoms with Crippen LogP contribution in [0.3, 0.4) is 0 Å². The summed E-state index contributed by atoms with van der Waals surface area (Å²) in [7, 11) is 0. The second-order valence-corrected chi connectivity index (χ2v) is 5.94. The number of nitro groups is 1. The summed E-state index contributed by atoms with van der Waals surface area (Å²) in [5.74, 6) is -1.05. The van der Waals surface area contributed by atoms with Gasteiger partial charge in [-0.15, -0.1) is 0 Å². The molecule has 1 aliphatic rings. The maximum absolute atomic E-state index is 13.0. The number of benzene rings is 2. The van der Waals surface area contributed by atoms with Gasteiger partial charge in [-0.05, 0) is 43.3 Å². The highest BCUT2D eigenvalue weighted by Crippen LogP contribution is 2.24. The molecule has 1 fully saturated rings. The third-order valence-electron chi connectivity index (χ3n) is 4.38. The molecule has 3 rings (SSSR count). The van der Waals surface area contributed by atoms with Crippen LogP contribution in [0.5, 0.6) is 0 Å². The molecule has 134 valence electrons. The van der Waals surface area contributed by atoms with Gasteiger partial charge >= 0.3 is 0 Å². The zero-order valence-electron chi connectivity index (χ0n) is 14.0. The minimum atomic E-state index is -0.698. The van der Waals surface area contributed by atoms with Crippen molar-refractivity contribution < 1.29 is 18.9 Å². The summed E-state index contributed by atoms with van der Waals surface area (Å²) in [4.78, 5) is 38.4. The van der Waals surface area contributed by atoms with E-state index in [0.717, 1.165) is 0 Å². The normalized spacial score (nSPS) is 17.3. The zero-order valence-corrected chi connectivity index (χ0v) is 14.0. The summed E-state index contributed by atoms with van der Waals surface area (Å²) in [5.41, 5.74) is 0.801. The van der Waals surface area contributed by atoms with E-state index in [9.17, 15) is 24.1 Å². The van der Waals surface area contributed by atoms with Gasteiger partial charge in [0.05, 0.1) is 4.92 Å². The number of carbonyl (C=O) groups is 2. The van der Waals surface area contributed by atoms with Gasteiger partial charge in [-0.2, -0.15) is 0 Å². The molecule has 0 unspecified atom stereocenters. The number of anilines is 1. The van der Waals surface area contributed by atoms with E-state index in [1.54, 1.807) is 6.92 Å². The number of rotatable bonds is 3. The minimum absolute atomic E-state index is 0.0561. The topological polar surface area (TPSA) is 83.8 Å². The van der Waals surface area contributed by atoms with Crippen molar-refractivity contribution in [1.82, 2.24) is 4.90 Å². The Morgan fingerprint density at radius 3 is 2.31 bits per heavy atom. The second-order valence-electron chi connectivity index (χ2n) is 5.94. The third kappa shape index (κ3) is 3.26. The molecule has 0 saturated carbocycles. The van der Waals surface area contributed by atoms with Gasteiger partial charge in [-0.3, -0.25) is 19.7 Å². The van der Waals surface area contributed by atoms with E-state index in [2.05, 4.69) is 0 Å². The molecule has 0 bridgehead atoms. The van der Waals surface area contributed by atoms with Gasteiger partial charge < -0.3 is 9.80 Å². The largest absolute Gasteiger partial charge is 0.325 e. The van der Waals surface area contributed by atoms with Crippen LogP contribution in [0.1, 0.15) is 17.3 Å². The van der Waals surface area contributed by atoms with Gasteiger partial charge in [-0.25, -0.2) is 4.39 Å². The number of nitro benzene ring substituents is 1. The molecule has 2 amide bonds. The van der Waals surface area contributed by atoms with E-state index in [-0.39, 0.29) is 24.0 Å². The average molecular weight is 357 g/mol. The molecule has 2 aromatic rings. The standard InChI is InChI=1S/C18H16FN3O4/c1-12-17(23)21(15-6-8-16(9-7-15)22(25)26)11-10-20(12)18(24)13-2-4-14(19)5-3-13/h2-9,12H,10-11H2,1H3/t12-/m0/s1. The number of amides is 2. The summed E-state index contributed by atoms with van der Waals surface area (Å²) in [6, 6.07) is 10.2. The van der Waals surface area contributed by atoms with Crippen LogP contribution in [-0.4, -0.2) is 40.8 Å². The number of non-ortho nitro benzene ring substituents is 1. The van der Waals surface area contributed by atoms with Crippen molar-refractivity contribution in [3.8, 4) is 0 Å². The Hall–Kier alpha value is -3.29. The smallest absolute Gasteiger partial charge is 0.269 e. The van der Waals surface area contributed by atoms with Crippen LogP contribution in [0.2, 0.25) is 0 Å². The van der Waals surface area contributed by atoms with Crippen molar-refractivity contribution in [2.75, 3.05) is 18.0 Å². The van der Waals surface area contributed by atoms with Gasteiger partial charge in [0.1, 0.15) is 11.9 Å². The first kappa shape index (κ1) is 17.5. The highest BCUT2D eigenvalue weighted by Gasteiger charge is 2.35. The lowest BCUT2D eigenvalue weighted by molar-refractivity contribution is -0.384. The number of halogens is 1. The van der Waals surface area contributed by atoms with Crippen LogP contribution >= 0.6 is 0 Å². The van der Waals surface area contributed by atoms with Crippen LogP contribution < -0.4 is 4.90 Å². The molecule has 0 radical (unpaired) electrons. The van der Waals surface area contributed by atoms with Crippen LogP contribution in [0.15, 0.2) is 48.5 Å². The maximum Gasteiger partial charge on any atom is 0.269 e. The van der Waals surface area contributed by atoms with E-state index in [1.807, 2.05) is 0 Å². The Labute approximate surface area is 148 Å². The first-order valence-electron chi connectivity index (χ1n) is 8.01. The first-order valence-corrected chi connectivity index (χ1v) is 8.01. The Balaban J connectivity index is 1.76. The van der Waals surface area contributed by atoms with Crippen molar-refractivity contribution in [2.24, 2.45) is 0 Å². The summed E-state index contributed by atoms with van der Waals surface area (Å²) in [5, 5.41) is 10.7. The Morgan fingerprint density at radius 1 is 1.12 bits per heavy atom. The van der Waals surface area contributed by atoms with Gasteiger partial charge in [0.15, 0.2) is 0 Å². The number of hydrogen-bond donors (Lipinski definition) is 0. The van der Waals surface area contributed by atoms with Gasteiger partial charge in [-0.1, -0.05) is 0 Å². The molecule has 1 heterocycles. The van der Waals surface area contributed by atoms with E-state index in [1.165, 1.54) is 58.3 Å². The van der Waals surface area contributed by atoms with Crippen LogP contribution in [0, 0.1) is 15.9 Å². The zero-order chi connectivity index (χ0) is 18.8. The SMILES string of the molecule is C[C@H]1C(=O)N(c2ccc([N+](=O)[O-])cc2)CCN1C(=O)c1ccc(F)cc1. The Kier molecular flexibility index (Phi) is 4.66. The fourth-order valence-electron chi connectivity index (χ4n) is 2.92. The van der Waals surface area contributed by atoms with Gasteiger partial charge in [0, 0.05) is 36.5 Å². The number of hydrogen-bond acceptors (Lipinski definition) is 4. The van der Waals surface area contributed by atoms with Crippen molar-refractivity contribution >= 4 is 23.2 Å². The molecule has 0 N–H and O–H groups in total. The quantitative estimate of drug-likeness (QED) is 0.624. The lowest BCUT2D eigenvalue weighted by Gasteiger charge is -2.39. The highest BCUT2D eigenvalue weighted by atomic mass is 19.1. The van der Waals surface area contributed by atoms with E-state index < -0.39 is 16.8 Å². The van der Waals surface area contributed by atoms with E-state index in [4.69, 9.17) is 0 Å². The van der Waals surface area contributed by atoms with E-state index in [0.29, 0.717) is 17.8 Å². The number of nitrogens with zero attached hydrogens (tertiary/aromatic N) is 3. The summed E-state index contributed by atoms with van der Waals surface area (Å²) >= 11 is 0. The molecule has 0 aliphatic carbocycles. The fourth-order valence-corrected chi connectivity index (χ4v) is 2.92. The minimum Gasteiger partial charge on any atom is -0.325 e. The maximum atomic E-state index is 13.0. The third-order valence-corrected chi connectivity index (χ3v) is 4.38. The number of carbonyl (C=O) groups excluding carboxylic acids is 2. The summed E-state index contributed by atoms with van der Waals surface area (Å²) < 4.78 is 13.0. The van der Waals surface area contributed by atoms with Gasteiger partial charge in [0.2, 0.25) is 5.91 Å². The predicted molar refractivity (Wildman–Crippen MR) is 92.3 cm³/mol. The van der Waals surface area contributed by atoms with Crippen LogP contribution in [0.4, 0.5) is 15.8 Å². The molecule has 0 aromatic heterocycles. The lowest BCUT2D eigenvalue weighted by Crippen LogP contribution is -2.57. The van der Waals surface area contributed by atoms with Crippen molar-refractivity contribution in [3.63, 3.8) is 0 Å². The van der Waals surface area contributed by atoms with Crippen molar-refractivity contribution in [2.45, 2.75) is 13.0 Å². The van der Waals surface area contributed by atoms with Gasteiger partial charge in [0.25, 0.3) is 11.6 Å². The second kappa shape index (κ2) is 6.91. The molecular weight excluding hydrogens is 341 g/mol. The lowest BCUT2D eigenvalue weighted by atomic mass is 10.1. The Morgan fingerprint density at radius 2 is 1.73 bits per heavy atom. The molecule has 1 aliphatic heterocycles. The van der Waals surface area contributed by atoms with Crippen LogP contribution in [-0.2, 0) is 4.79 Å². The average Bonchev–Trinajstić information content (AvgIpc) is 2.64. The van der Waals surface area contributed by atoms with Crippen molar-refractivity contribution in [3.05, 3.63) is 70.0 Å². The van der Waals surface area contributed by atoms with Crippen LogP contribution in [0.25, 0.3) is 0 Å². The summed E-state index contributed by atoms with van der Waals surface area (Å²) in [6.45, 7) is 2.20. The Bertz CT molecular complexity index is 852. The van der Waals surface area contributed by atoms with E-state index >= 15 is 0 Å². The molecule has 2 aromatic carbocycles. The predicted octanol–water partition coefficient (Wildman–Crippen LogP) is 2.61.